The summed E-state index contributed by atoms with van der Waals surface area (Å²) in [5, 5.41) is 13.0. The number of carbonyl (C=O) groups excluding carboxylic acids is 1. The second-order valence-electron chi connectivity index (χ2n) is 27.0. The van der Waals surface area contributed by atoms with E-state index < -0.39 is 178 Å². The van der Waals surface area contributed by atoms with Crippen molar-refractivity contribution < 1.29 is 98.0 Å². The van der Waals surface area contributed by atoms with Crippen LogP contribution in [0.2, 0.25) is 0 Å². The van der Waals surface area contributed by atoms with Crippen LogP contribution in [0.4, 0.5) is 17.6 Å². The topological polar surface area (TPSA) is 594 Å². The van der Waals surface area contributed by atoms with Gasteiger partial charge in [-0.05, 0) is 76.9 Å². The van der Waals surface area contributed by atoms with Gasteiger partial charge in [0.25, 0.3) is 16.7 Å². The smallest absolute Gasteiger partial charge is 0.386 e. The zero-order valence-corrected chi connectivity index (χ0v) is 71.4. The van der Waals surface area contributed by atoms with E-state index >= 15 is 0 Å². The number of aromatic nitrogens is 12. The Labute approximate surface area is 691 Å². The number of carbonyl (C=O) groups is 1. The average Bonchev–Trinajstić information content (AvgIpc) is 1.63. The summed E-state index contributed by atoms with van der Waals surface area (Å²) in [6.07, 6.45) is -10.3. The molecular formula is C61H87BrN17O28P4S5-. The summed E-state index contributed by atoms with van der Waals surface area (Å²) in [5.41, 5.74) is 13.8. The van der Waals surface area contributed by atoms with Gasteiger partial charge in [0, 0.05) is 75.5 Å². The Bertz CT molecular complexity index is 5090. The number of imidazole rings is 1. The molecule has 6 aromatic heterocycles. The first-order chi connectivity index (χ1) is 55.1. The SMILES string of the molecule is Cc1cn([C@H]2C[C@@H](OP(=S)(OCCOCCOCCNC(=O)CCOCCN)OC[C@H]3O[C@@H](n4ccc(N)nc4=O)C[C@H]3C(C)C)[C@@H](COP([O-])(=S)O[C@@H]3C[C@H](n4cnc5c(=O)[nH]c(N)nc54)O[C@@H]3COP(=S)(S)O[C@@H]3C[C@H](n4ccc(N)nc4=O)O[C@@H]3COP(=O)(S)O[C@@H]3C[C@H](n4cc(Br)c(=O)[nH]c4=O)O[C@@H]3CO)O2)c(=O)[nH]c1=O. The van der Waals surface area contributed by atoms with Crippen LogP contribution in [-0.4, -0.2) is 216 Å². The monoisotopic (exact) mass is 1870 g/mol. The summed E-state index contributed by atoms with van der Waals surface area (Å²) >= 11 is 29.7. The van der Waals surface area contributed by atoms with E-state index in [1.54, 1.807) is 0 Å². The van der Waals surface area contributed by atoms with Gasteiger partial charge in [-0.25, -0.2) is 28.7 Å². The molecule has 5 aliphatic rings. The number of hydrogen-bond donors (Lipinski definition) is 11. The fourth-order valence-corrected chi connectivity index (χ4v) is 20.5. The number of amides is 1. The van der Waals surface area contributed by atoms with Crippen molar-refractivity contribution in [2.75, 3.05) is 110 Å². The molecule has 116 heavy (non-hydrogen) atoms. The van der Waals surface area contributed by atoms with Gasteiger partial charge in [-0.2, -0.15) is 15.0 Å². The van der Waals surface area contributed by atoms with Crippen LogP contribution < -0.4 is 72.6 Å². The molecule has 5 saturated heterocycles. The number of nitrogen functional groups attached to an aromatic ring is 3. The lowest BCUT2D eigenvalue weighted by molar-refractivity contribution is -0.215. The van der Waals surface area contributed by atoms with Crippen LogP contribution in [0.3, 0.4) is 0 Å². The first-order valence-corrected chi connectivity index (χ1v) is 48.3. The van der Waals surface area contributed by atoms with Gasteiger partial charge in [-0.3, -0.25) is 66.0 Å². The van der Waals surface area contributed by atoms with Gasteiger partial charge in [-0.1, -0.05) is 50.2 Å². The number of halogens is 1. The van der Waals surface area contributed by atoms with Crippen molar-refractivity contribution in [3.63, 3.8) is 0 Å². The predicted molar refractivity (Wildman–Crippen MR) is 428 cm³/mol. The minimum Gasteiger partial charge on any atom is -0.780 e. The summed E-state index contributed by atoms with van der Waals surface area (Å²) in [6.45, 7) is -9.72. The average molecular weight is 1870 g/mol. The third-order valence-corrected chi connectivity index (χ3v) is 27.0. The van der Waals surface area contributed by atoms with Gasteiger partial charge >= 0.3 is 36.3 Å². The summed E-state index contributed by atoms with van der Waals surface area (Å²) in [6, 6.07) is 2.80. The van der Waals surface area contributed by atoms with E-state index in [4.69, 9.17) is 137 Å². The molecule has 0 aliphatic carbocycles. The summed E-state index contributed by atoms with van der Waals surface area (Å²) < 4.78 is 124. The highest BCUT2D eigenvalue weighted by atomic mass is 79.9. The van der Waals surface area contributed by atoms with Crippen LogP contribution in [0.15, 0.2) is 81.3 Å². The highest BCUT2D eigenvalue weighted by Crippen LogP contribution is 2.60. The number of thiol groups is 2. The van der Waals surface area contributed by atoms with E-state index in [0.717, 1.165) is 13.7 Å². The molecule has 0 radical (unpaired) electrons. The third-order valence-electron chi connectivity index (χ3n) is 18.6. The lowest BCUT2D eigenvalue weighted by atomic mass is 9.89. The minimum absolute atomic E-state index is 0.00825. The molecule has 4 unspecified atom stereocenters. The molecule has 642 valence electrons. The number of rotatable bonds is 42. The second-order valence-corrected chi connectivity index (χ2v) is 41.7. The molecule has 11 heterocycles. The Balaban J connectivity index is 0.801. The Morgan fingerprint density at radius 1 is 0.629 bits per heavy atom. The first kappa shape index (κ1) is 91.6. The number of H-pyrrole nitrogens is 3. The lowest BCUT2D eigenvalue weighted by Gasteiger charge is -2.34. The van der Waals surface area contributed by atoms with Crippen molar-refractivity contribution in [2.45, 2.75) is 145 Å². The van der Waals surface area contributed by atoms with Crippen molar-refractivity contribution in [3.8, 4) is 0 Å². The molecule has 0 spiro atoms. The maximum absolute atomic E-state index is 15.0. The Morgan fingerprint density at radius 2 is 1.15 bits per heavy atom. The maximum atomic E-state index is 15.0. The maximum Gasteiger partial charge on any atom is 0.386 e. The molecule has 11 rings (SSSR count). The molecule has 6 aromatic rings. The van der Waals surface area contributed by atoms with E-state index in [1.807, 2.05) is 13.8 Å². The molecule has 45 nitrogen and oxygen atoms in total. The number of fused-ring (bicyclic) bond motifs is 1. The molecule has 55 heteroatoms. The van der Waals surface area contributed by atoms with Gasteiger partial charge in [0.05, 0.1) is 114 Å². The molecular weight excluding hydrogens is 1780 g/mol. The Hall–Kier alpha value is -5.10. The van der Waals surface area contributed by atoms with E-state index in [-0.39, 0.29) is 141 Å². The molecule has 5 aliphatic heterocycles. The largest absolute Gasteiger partial charge is 0.780 e. The number of aliphatic hydroxyl groups is 1. The number of nitrogens with zero attached hydrogens (tertiary/aromatic N) is 9. The summed E-state index contributed by atoms with van der Waals surface area (Å²) in [4.78, 5) is 141. The zero-order chi connectivity index (χ0) is 83.6. The quantitative estimate of drug-likeness (QED) is 0.0140. The van der Waals surface area contributed by atoms with Crippen LogP contribution >= 0.6 is 66.4 Å². The molecule has 0 saturated carbocycles. The third kappa shape index (κ3) is 24.4. The van der Waals surface area contributed by atoms with Gasteiger partial charge < -0.3 is 108 Å². The molecule has 19 atom stereocenters. The van der Waals surface area contributed by atoms with Crippen molar-refractivity contribution in [1.82, 2.24) is 63.0 Å². The second kappa shape index (κ2) is 40.7. The fraction of sp³-hybridized carbons (Fsp3) is 0.639. The van der Waals surface area contributed by atoms with E-state index in [1.165, 1.54) is 59.3 Å². The summed E-state index contributed by atoms with van der Waals surface area (Å²) in [7, 11) is 0. The normalized spacial score (nSPS) is 27.0. The van der Waals surface area contributed by atoms with E-state index in [0.29, 0.717) is 19.6 Å². The number of nitrogens with one attached hydrogen (secondary N) is 4. The number of anilines is 3. The molecule has 0 aromatic carbocycles. The highest BCUT2D eigenvalue weighted by Gasteiger charge is 2.48. The first-order valence-electron chi connectivity index (χ1n) is 35.9. The van der Waals surface area contributed by atoms with E-state index in [2.05, 4.69) is 80.6 Å². The van der Waals surface area contributed by atoms with Crippen LogP contribution in [0, 0.1) is 18.8 Å². The lowest BCUT2D eigenvalue weighted by Crippen LogP contribution is -2.34. The minimum atomic E-state index is -4.85. The van der Waals surface area contributed by atoms with Gasteiger partial charge in [0.1, 0.15) is 80.0 Å². The predicted octanol–water partition coefficient (Wildman–Crippen LogP) is 0.393. The standard InChI is InChI=1S/C61H88BrN17O28P4S5/c1-31(2)33-18-47(75-9-4-44(64)69-58(75)85)100-40(33)26-97-110(114,94-17-16-93-15-14-92-13-8-67-46(81)6-11-91-12-7-63)106-37-21-49(77-23-32(3)54(82)73-60(77)87)102-41(37)27-95-109(90,113)105-36-20-51(79-30-68-52-53(79)71-57(66)72-56(52)84)103-43(36)29-98-111(115,116)107-38-22-48(76-10-5-45(65)70-59(76)86)101-42(38)28-96-108(89,112)104-35-19-50(99-39(35)25-80)78-24-34(62)55(83)74-61(78)88/h4-5,9-10,23-24,30-31,33,35-43,47-51,80H,6-8,11-22,25-29,63H2,1-3H3,(H,67,81)(H,89,112)(H,90,113)(H,115,116)(H2,64,69,85)(H2,65,70,86)(H,73,82,87)(H,74,83,88)(H3,66,71,72,84)/p-1/t33-,35+,36+,37+,38+,39+,40+,41+,42+,43+,47+,48+,49+,50+,51+,108?,109?,110?/m0/s1. The molecule has 13 N–H and O–H groups in total. The van der Waals surface area contributed by atoms with Gasteiger partial charge in [0.15, 0.2) is 11.2 Å². The van der Waals surface area contributed by atoms with Crippen LogP contribution in [0.25, 0.3) is 11.2 Å². The van der Waals surface area contributed by atoms with Crippen LogP contribution in [0.1, 0.15) is 89.1 Å². The van der Waals surface area contributed by atoms with Gasteiger partial charge in [-0.15, -0.1) is 0 Å². The number of hydrogen-bond acceptors (Lipinski definition) is 39. The van der Waals surface area contributed by atoms with Crippen molar-refractivity contribution in [1.29, 1.82) is 0 Å². The number of nitrogens with two attached hydrogens (primary N) is 4. The van der Waals surface area contributed by atoms with Crippen molar-refractivity contribution in [3.05, 3.63) is 126 Å². The molecule has 1 amide bonds. The number of aryl methyl sites for hydroxylation is 1. The van der Waals surface area contributed by atoms with Crippen LogP contribution in [-0.2, 0) is 123 Å². The Kier molecular flexibility index (Phi) is 32.2. The van der Waals surface area contributed by atoms with Gasteiger partial charge in [0.2, 0.25) is 17.5 Å². The number of aliphatic hydroxyl groups excluding tert-OH is 1. The molecule has 0 bridgehead atoms. The van der Waals surface area contributed by atoms with Crippen molar-refractivity contribution in [2.24, 2.45) is 17.6 Å². The Morgan fingerprint density at radius 3 is 1.77 bits per heavy atom. The fourth-order valence-electron chi connectivity index (χ4n) is 13.0. The molecule has 5 fully saturated rings. The number of aromatic amines is 3. The van der Waals surface area contributed by atoms with Crippen LogP contribution in [0.5, 0.6) is 0 Å². The number of ether oxygens (including phenoxy) is 8. The highest BCUT2D eigenvalue weighted by molar-refractivity contribution is 9.10. The zero-order valence-electron chi connectivity index (χ0n) is 62.0. The van der Waals surface area contributed by atoms with Crippen molar-refractivity contribution >= 4 is 136 Å². The summed E-state index contributed by atoms with van der Waals surface area (Å²) in [5.74, 6) is -0.856. The van der Waals surface area contributed by atoms with E-state index in [9.17, 15) is 52.9 Å².